The monoisotopic (exact) mass is 460 g/mol. The molecule has 5 atom stereocenters. The molecule has 0 spiro atoms. The highest BCUT2D eigenvalue weighted by atomic mass is 19.1. The van der Waals surface area contributed by atoms with Crippen molar-refractivity contribution >= 4 is 28.4 Å². The molecule has 0 bridgehead atoms. The first kappa shape index (κ1) is 21.1. The number of carbonyl (C=O) groups is 3. The van der Waals surface area contributed by atoms with Gasteiger partial charge in [-0.15, -0.1) is 0 Å². The van der Waals surface area contributed by atoms with Crippen molar-refractivity contribution in [2.75, 3.05) is 0 Å². The third-order valence-electron chi connectivity index (χ3n) is 7.67. The lowest BCUT2D eigenvalue weighted by Crippen LogP contribution is -2.45. The molecule has 1 aliphatic heterocycles. The number of amides is 1. The number of halogens is 1. The minimum atomic E-state index is -1.45. The summed E-state index contributed by atoms with van der Waals surface area (Å²) in [5.74, 6) is -0.438. The molecule has 0 unspecified atom stereocenters. The Balaban J connectivity index is 1.19. The van der Waals surface area contributed by atoms with E-state index in [0.717, 1.165) is 6.42 Å². The summed E-state index contributed by atoms with van der Waals surface area (Å²) in [6.07, 6.45) is 5.21. The minimum Gasteiger partial charge on any atom is -0.328 e. The Morgan fingerprint density at radius 1 is 1.15 bits per heavy atom. The number of alkyl halides is 1. The SMILES string of the molecule is CC(=O)c1nn(CC(=O)N2[C@@H]3C[C@@H]3C[C@H]2C(=O)C[C@@H]2C[C@@]2(F)c2ccccc2)c2cnccc12. The van der Waals surface area contributed by atoms with E-state index >= 15 is 4.39 Å². The van der Waals surface area contributed by atoms with Crippen LogP contribution in [0, 0.1) is 11.8 Å². The lowest BCUT2D eigenvalue weighted by atomic mass is 9.99. The molecule has 1 aromatic carbocycles. The van der Waals surface area contributed by atoms with Gasteiger partial charge in [0.1, 0.15) is 17.9 Å². The molecule has 3 fully saturated rings. The van der Waals surface area contributed by atoms with Crippen LogP contribution in [0.3, 0.4) is 0 Å². The molecule has 0 radical (unpaired) electrons. The van der Waals surface area contributed by atoms with E-state index in [1.807, 2.05) is 18.2 Å². The van der Waals surface area contributed by atoms with Gasteiger partial charge >= 0.3 is 0 Å². The second-order valence-electron chi connectivity index (χ2n) is 9.87. The second-order valence-corrected chi connectivity index (χ2v) is 9.87. The summed E-state index contributed by atoms with van der Waals surface area (Å²) in [7, 11) is 0. The van der Waals surface area contributed by atoms with E-state index in [9.17, 15) is 14.4 Å². The smallest absolute Gasteiger partial charge is 0.245 e. The maximum Gasteiger partial charge on any atom is 0.245 e. The number of piperidine rings is 1. The van der Waals surface area contributed by atoms with Gasteiger partial charge in [0, 0.05) is 36.9 Å². The number of hydrogen-bond acceptors (Lipinski definition) is 5. The van der Waals surface area contributed by atoms with Crippen molar-refractivity contribution in [3.8, 4) is 0 Å². The number of carbonyl (C=O) groups excluding carboxylic acids is 3. The molecule has 0 N–H and O–H groups in total. The van der Waals surface area contributed by atoms with Gasteiger partial charge in [-0.25, -0.2) is 4.39 Å². The Morgan fingerprint density at radius 2 is 1.94 bits per heavy atom. The highest BCUT2D eigenvalue weighted by Crippen LogP contribution is 2.58. The van der Waals surface area contributed by atoms with Crippen LogP contribution in [0.4, 0.5) is 4.39 Å². The molecule has 1 amide bonds. The highest BCUT2D eigenvalue weighted by molar-refractivity contribution is 6.04. The maximum atomic E-state index is 15.3. The molecule has 3 heterocycles. The Morgan fingerprint density at radius 3 is 2.71 bits per heavy atom. The van der Waals surface area contributed by atoms with Crippen molar-refractivity contribution in [3.63, 3.8) is 0 Å². The van der Waals surface area contributed by atoms with Gasteiger partial charge in [0.15, 0.2) is 11.6 Å². The van der Waals surface area contributed by atoms with E-state index in [1.54, 1.807) is 35.5 Å². The van der Waals surface area contributed by atoms with Crippen LogP contribution in [-0.2, 0) is 21.8 Å². The van der Waals surface area contributed by atoms with Crippen LogP contribution in [-0.4, -0.2) is 49.2 Å². The average molecular weight is 461 g/mol. The fourth-order valence-electron chi connectivity index (χ4n) is 5.69. The molecular weight excluding hydrogens is 435 g/mol. The Hall–Kier alpha value is -3.42. The van der Waals surface area contributed by atoms with Crippen LogP contribution in [0.1, 0.15) is 48.7 Å². The first-order valence-electron chi connectivity index (χ1n) is 11.8. The number of aromatic nitrogens is 3. The quantitative estimate of drug-likeness (QED) is 0.504. The molecule has 8 heteroatoms. The van der Waals surface area contributed by atoms with Gasteiger partial charge < -0.3 is 4.90 Å². The minimum absolute atomic E-state index is 0.0579. The molecule has 2 aliphatic carbocycles. The summed E-state index contributed by atoms with van der Waals surface area (Å²) in [5.41, 5.74) is 0.0867. The molecule has 2 aromatic heterocycles. The first-order chi connectivity index (χ1) is 16.4. The number of pyridine rings is 1. The molecule has 3 aliphatic rings. The molecule has 7 nitrogen and oxygen atoms in total. The highest BCUT2D eigenvalue weighted by Gasteiger charge is 2.60. The summed E-state index contributed by atoms with van der Waals surface area (Å²) < 4.78 is 16.8. The Labute approximate surface area is 195 Å². The number of rotatable bonds is 7. The molecule has 6 rings (SSSR count). The van der Waals surface area contributed by atoms with Gasteiger partial charge in [0.2, 0.25) is 5.91 Å². The number of benzene rings is 1. The van der Waals surface area contributed by atoms with Crippen LogP contribution in [0.5, 0.6) is 0 Å². The van der Waals surface area contributed by atoms with Crippen LogP contribution < -0.4 is 0 Å². The predicted octanol–water partition coefficient (Wildman–Crippen LogP) is 3.47. The topological polar surface area (TPSA) is 85.2 Å². The van der Waals surface area contributed by atoms with E-state index in [-0.39, 0.29) is 42.4 Å². The molecule has 3 aromatic rings. The second kappa shape index (κ2) is 7.55. The standard InChI is InChI=1S/C26H25FN4O3/c1-15(32)25-19-7-8-28-13-22(19)30(29-25)14-24(34)31-20-9-16(20)10-21(31)23(33)11-18-12-26(18,27)17-5-3-2-4-6-17/h2-8,13,16,18,20-21H,9-12,14H2,1H3/t16-,18-,20-,21+,26-/m1/s1. The fourth-order valence-corrected chi connectivity index (χ4v) is 5.69. The van der Waals surface area contributed by atoms with Gasteiger partial charge in [0.25, 0.3) is 0 Å². The van der Waals surface area contributed by atoms with Gasteiger partial charge in [-0.05, 0) is 36.8 Å². The summed E-state index contributed by atoms with van der Waals surface area (Å²) in [6.45, 7) is 1.37. The number of nitrogens with zero attached hydrogens (tertiary/aromatic N) is 4. The largest absolute Gasteiger partial charge is 0.328 e. The van der Waals surface area contributed by atoms with Crippen molar-refractivity contribution in [3.05, 3.63) is 60.0 Å². The number of ketones is 2. The van der Waals surface area contributed by atoms with E-state index in [1.165, 1.54) is 11.6 Å². The van der Waals surface area contributed by atoms with Crippen molar-refractivity contribution < 1.29 is 18.8 Å². The third kappa shape index (κ3) is 3.35. The summed E-state index contributed by atoms with van der Waals surface area (Å²) in [6, 6.07) is 10.3. The van der Waals surface area contributed by atoms with Crippen molar-refractivity contribution in [1.82, 2.24) is 19.7 Å². The van der Waals surface area contributed by atoms with Gasteiger partial charge in [-0.1, -0.05) is 30.3 Å². The maximum absolute atomic E-state index is 15.3. The summed E-state index contributed by atoms with van der Waals surface area (Å²) >= 11 is 0. The van der Waals surface area contributed by atoms with Gasteiger partial charge in [-0.2, -0.15) is 5.10 Å². The predicted molar refractivity (Wildman–Crippen MR) is 122 cm³/mol. The zero-order valence-electron chi connectivity index (χ0n) is 18.9. The van der Waals surface area contributed by atoms with Crippen LogP contribution in [0.15, 0.2) is 48.8 Å². The van der Waals surface area contributed by atoms with Gasteiger partial charge in [-0.3, -0.25) is 24.0 Å². The number of hydrogen-bond donors (Lipinski definition) is 0. The van der Waals surface area contributed by atoms with E-state index in [2.05, 4.69) is 10.1 Å². The average Bonchev–Trinajstić information content (AvgIpc) is 3.65. The van der Waals surface area contributed by atoms with Crippen LogP contribution >= 0.6 is 0 Å². The number of fused-ring (bicyclic) bond motifs is 2. The lowest BCUT2D eigenvalue weighted by molar-refractivity contribution is -0.139. The third-order valence-corrected chi connectivity index (χ3v) is 7.67. The van der Waals surface area contributed by atoms with Crippen molar-refractivity contribution in [2.45, 2.75) is 56.9 Å². The Kier molecular flexibility index (Phi) is 4.69. The number of likely N-dealkylation sites (tertiary alicyclic amines) is 1. The Bertz CT molecular complexity index is 1320. The zero-order chi connectivity index (χ0) is 23.6. The summed E-state index contributed by atoms with van der Waals surface area (Å²) in [4.78, 5) is 44.4. The molecule has 1 saturated heterocycles. The van der Waals surface area contributed by atoms with Gasteiger partial charge in [0.05, 0.1) is 17.8 Å². The van der Waals surface area contributed by atoms with Crippen LogP contribution in [0.2, 0.25) is 0 Å². The number of Topliss-reactive ketones (excluding diaryl/α,β-unsaturated/α-hetero) is 2. The van der Waals surface area contributed by atoms with Crippen LogP contribution in [0.25, 0.3) is 10.9 Å². The normalized spacial score (nSPS) is 29.2. The zero-order valence-corrected chi connectivity index (χ0v) is 18.9. The summed E-state index contributed by atoms with van der Waals surface area (Å²) in [5, 5.41) is 5.02. The first-order valence-corrected chi connectivity index (χ1v) is 11.8. The molecule has 34 heavy (non-hydrogen) atoms. The van der Waals surface area contributed by atoms with E-state index in [4.69, 9.17) is 0 Å². The van der Waals surface area contributed by atoms with E-state index < -0.39 is 11.7 Å². The lowest BCUT2D eigenvalue weighted by Gasteiger charge is -2.27. The molecule has 174 valence electrons. The molecule has 2 saturated carbocycles. The van der Waals surface area contributed by atoms with E-state index in [0.29, 0.717) is 40.9 Å². The van der Waals surface area contributed by atoms with Crippen molar-refractivity contribution in [1.29, 1.82) is 0 Å². The fraction of sp³-hybridized carbons (Fsp3) is 0.423. The van der Waals surface area contributed by atoms with Crippen molar-refractivity contribution in [2.24, 2.45) is 11.8 Å². The molecular formula is C26H25FN4O3.